The maximum absolute atomic E-state index is 15.5. The fraction of sp³-hybridized carbons (Fsp3) is 0.194. The number of carbonyl (C=O) groups excluding carboxylic acids is 1. The number of anilines is 1. The van der Waals surface area contributed by atoms with Crippen molar-refractivity contribution in [2.24, 2.45) is 0 Å². The van der Waals surface area contributed by atoms with Crippen LogP contribution in [0.15, 0.2) is 82.5 Å². The molecular weight excluding hydrogens is 558 g/mol. The van der Waals surface area contributed by atoms with Crippen LogP contribution in [-0.2, 0) is 13.1 Å². The van der Waals surface area contributed by atoms with Crippen LogP contribution in [0.3, 0.4) is 0 Å². The number of hydrogen-bond acceptors (Lipinski definition) is 5. The molecule has 2 heterocycles. The highest BCUT2D eigenvalue weighted by Gasteiger charge is 2.25. The van der Waals surface area contributed by atoms with E-state index in [2.05, 4.69) is 10.6 Å². The molecule has 12 heteroatoms. The highest BCUT2D eigenvalue weighted by molar-refractivity contribution is 5.89. The Morgan fingerprint density at radius 3 is 2.35 bits per heavy atom. The Labute approximate surface area is 245 Å². The normalized spacial score (nSPS) is 11.2. The molecule has 0 atom stereocenters. The van der Waals surface area contributed by atoms with E-state index >= 15 is 4.39 Å². The molecule has 0 unspecified atom stereocenters. The Kier molecular flexibility index (Phi) is 8.13. The number of halogens is 2. The van der Waals surface area contributed by atoms with Gasteiger partial charge in [-0.1, -0.05) is 36.4 Å². The average Bonchev–Trinajstić information content (AvgIpc) is 3.35. The van der Waals surface area contributed by atoms with E-state index in [1.165, 1.54) is 53.7 Å². The molecule has 2 N–H and O–H groups in total. The number of rotatable bonds is 8. The largest absolute Gasteiger partial charge is 0.494 e. The Hall–Kier alpha value is -5.23. The van der Waals surface area contributed by atoms with Gasteiger partial charge in [-0.2, -0.15) is 0 Å². The van der Waals surface area contributed by atoms with Crippen molar-refractivity contribution < 1.29 is 18.3 Å². The first-order chi connectivity index (χ1) is 20.6. The number of aromatic nitrogens is 3. The molecule has 2 aromatic heterocycles. The van der Waals surface area contributed by atoms with Gasteiger partial charge in [-0.3, -0.25) is 9.31 Å². The average molecular weight is 589 g/mol. The summed E-state index contributed by atoms with van der Waals surface area (Å²) in [4.78, 5) is 41.9. The Morgan fingerprint density at radius 1 is 0.977 bits per heavy atom. The number of carbonyl (C=O) groups is 1. The van der Waals surface area contributed by atoms with Crippen molar-refractivity contribution in [3.8, 4) is 22.6 Å². The Balaban J connectivity index is 1.84. The molecule has 0 aliphatic heterocycles. The van der Waals surface area contributed by atoms with Crippen molar-refractivity contribution in [3.63, 3.8) is 0 Å². The highest BCUT2D eigenvalue weighted by Crippen LogP contribution is 2.30. The van der Waals surface area contributed by atoms with E-state index in [1.807, 2.05) is 19.0 Å². The lowest BCUT2D eigenvalue weighted by molar-refractivity contribution is 0.254. The van der Waals surface area contributed by atoms with E-state index in [1.54, 1.807) is 42.6 Å². The predicted octanol–water partition coefficient (Wildman–Crippen LogP) is 4.07. The monoisotopic (exact) mass is 588 g/mol. The van der Waals surface area contributed by atoms with Crippen LogP contribution in [0.4, 0.5) is 19.3 Å². The first kappa shape index (κ1) is 29.3. The van der Waals surface area contributed by atoms with Gasteiger partial charge in [0.25, 0.3) is 5.56 Å². The van der Waals surface area contributed by atoms with Gasteiger partial charge in [-0.15, -0.1) is 0 Å². The summed E-state index contributed by atoms with van der Waals surface area (Å²) < 4.78 is 38.9. The summed E-state index contributed by atoms with van der Waals surface area (Å²) in [6, 6.07) is 16.8. The maximum atomic E-state index is 15.5. The lowest BCUT2D eigenvalue weighted by Crippen LogP contribution is -2.43. The third-order valence-electron chi connectivity index (χ3n) is 7.01. The van der Waals surface area contributed by atoms with Gasteiger partial charge in [-0.05, 0) is 50.0 Å². The standard InChI is InChI=1S/C31H30F2N6O4/c1-34-30(41)35-21-14-12-19(13-15-21)22-18-37-28(23(22)17-36(2)3)29(40)39(25-10-7-11-26(43-4)27(25)33)31(42)38(37)16-20-8-5-6-9-24(20)32/h5-15,18H,16-17H2,1-4H3,(H2,34,35,41). The minimum Gasteiger partial charge on any atom is -0.494 e. The Bertz CT molecular complexity index is 1940. The molecule has 0 saturated heterocycles. The molecule has 5 aromatic rings. The van der Waals surface area contributed by atoms with Gasteiger partial charge in [0.2, 0.25) is 0 Å². The van der Waals surface area contributed by atoms with Gasteiger partial charge < -0.3 is 20.3 Å². The van der Waals surface area contributed by atoms with Crippen molar-refractivity contribution >= 4 is 17.2 Å². The van der Waals surface area contributed by atoms with Crippen LogP contribution < -0.4 is 26.6 Å². The van der Waals surface area contributed by atoms with E-state index in [-0.39, 0.29) is 41.6 Å². The molecule has 0 bridgehead atoms. The predicted molar refractivity (Wildman–Crippen MR) is 160 cm³/mol. The summed E-state index contributed by atoms with van der Waals surface area (Å²) in [6.45, 7) is 0.0518. The second-order valence-electron chi connectivity index (χ2n) is 10.1. The number of fused-ring (bicyclic) bond motifs is 1. The molecule has 2 amide bonds. The number of hydrogen-bond donors (Lipinski definition) is 2. The Morgan fingerprint density at radius 2 is 1.70 bits per heavy atom. The van der Waals surface area contributed by atoms with E-state index < -0.39 is 22.9 Å². The van der Waals surface area contributed by atoms with Crippen molar-refractivity contribution in [1.82, 2.24) is 24.0 Å². The zero-order valence-corrected chi connectivity index (χ0v) is 24.0. The zero-order valence-electron chi connectivity index (χ0n) is 24.0. The molecule has 43 heavy (non-hydrogen) atoms. The van der Waals surface area contributed by atoms with Crippen LogP contribution in [-0.4, -0.2) is 52.9 Å². The van der Waals surface area contributed by atoms with Crippen LogP contribution in [0.25, 0.3) is 22.3 Å². The molecule has 0 fully saturated rings. The number of methoxy groups -OCH3 is 1. The summed E-state index contributed by atoms with van der Waals surface area (Å²) in [5.74, 6) is -1.56. The summed E-state index contributed by atoms with van der Waals surface area (Å²) >= 11 is 0. The summed E-state index contributed by atoms with van der Waals surface area (Å²) in [6.07, 6.45) is 1.64. The van der Waals surface area contributed by atoms with Gasteiger partial charge in [0, 0.05) is 42.2 Å². The quantitative estimate of drug-likeness (QED) is 0.285. The molecular formula is C31H30F2N6O4. The molecule has 5 rings (SSSR count). The maximum Gasteiger partial charge on any atom is 0.351 e. The first-order valence-corrected chi connectivity index (χ1v) is 13.3. The topological polar surface area (TPSA) is 102 Å². The van der Waals surface area contributed by atoms with Crippen molar-refractivity contribution in [2.75, 3.05) is 33.6 Å². The first-order valence-electron chi connectivity index (χ1n) is 13.3. The fourth-order valence-corrected chi connectivity index (χ4v) is 4.97. The van der Waals surface area contributed by atoms with Gasteiger partial charge in [-0.25, -0.2) is 27.6 Å². The molecule has 0 spiro atoms. The number of nitrogens with one attached hydrogen (secondary N) is 2. The number of amides is 2. The molecule has 222 valence electrons. The van der Waals surface area contributed by atoms with E-state index in [0.29, 0.717) is 22.4 Å². The van der Waals surface area contributed by atoms with E-state index in [0.717, 1.165) is 4.57 Å². The number of urea groups is 1. The summed E-state index contributed by atoms with van der Waals surface area (Å²) in [7, 11) is 6.46. The highest BCUT2D eigenvalue weighted by atomic mass is 19.1. The number of ether oxygens (including phenoxy) is 1. The number of benzene rings is 3. The van der Waals surface area contributed by atoms with E-state index in [9.17, 15) is 18.8 Å². The smallest absolute Gasteiger partial charge is 0.351 e. The van der Waals surface area contributed by atoms with Crippen LogP contribution in [0.1, 0.15) is 11.1 Å². The van der Waals surface area contributed by atoms with Crippen molar-refractivity contribution in [1.29, 1.82) is 0 Å². The molecule has 10 nitrogen and oxygen atoms in total. The van der Waals surface area contributed by atoms with E-state index in [4.69, 9.17) is 4.74 Å². The third kappa shape index (κ3) is 5.52. The molecule has 0 aliphatic rings. The van der Waals surface area contributed by atoms with Gasteiger partial charge >= 0.3 is 11.7 Å². The second kappa shape index (κ2) is 11.9. The molecule has 0 radical (unpaired) electrons. The minimum atomic E-state index is -0.883. The molecule has 0 saturated carbocycles. The third-order valence-corrected chi connectivity index (χ3v) is 7.01. The second-order valence-corrected chi connectivity index (χ2v) is 10.1. The molecule has 3 aromatic carbocycles. The zero-order chi connectivity index (χ0) is 30.8. The van der Waals surface area contributed by atoms with Gasteiger partial charge in [0.15, 0.2) is 11.6 Å². The lowest BCUT2D eigenvalue weighted by Gasteiger charge is -2.16. The van der Waals surface area contributed by atoms with Gasteiger partial charge in [0.05, 0.1) is 19.3 Å². The SMILES string of the molecule is CNC(=O)Nc1ccc(-c2cn3c(c2CN(C)C)c(=O)n(-c2cccc(OC)c2F)c(=O)n3Cc2ccccc2F)cc1. The number of nitrogens with zero attached hydrogens (tertiary/aromatic N) is 4. The fourth-order valence-electron chi connectivity index (χ4n) is 4.97. The molecule has 0 aliphatic carbocycles. The van der Waals surface area contributed by atoms with Gasteiger partial charge in [0.1, 0.15) is 11.3 Å². The van der Waals surface area contributed by atoms with Crippen LogP contribution in [0.5, 0.6) is 5.75 Å². The van der Waals surface area contributed by atoms with Crippen LogP contribution in [0, 0.1) is 11.6 Å². The van der Waals surface area contributed by atoms with Crippen molar-refractivity contribution in [3.05, 3.63) is 117 Å². The summed E-state index contributed by atoms with van der Waals surface area (Å²) in [5, 5.41) is 5.19. The lowest BCUT2D eigenvalue weighted by atomic mass is 10.0. The van der Waals surface area contributed by atoms with Crippen LogP contribution in [0.2, 0.25) is 0 Å². The minimum absolute atomic E-state index is 0.120. The summed E-state index contributed by atoms with van der Waals surface area (Å²) in [5.41, 5.74) is 0.871. The van der Waals surface area contributed by atoms with Crippen LogP contribution >= 0.6 is 0 Å². The van der Waals surface area contributed by atoms with Crippen molar-refractivity contribution in [2.45, 2.75) is 13.1 Å².